The largest absolute Gasteiger partial charge is 0.497 e. The van der Waals surface area contributed by atoms with Crippen LogP contribution >= 0.6 is 16.3 Å². The van der Waals surface area contributed by atoms with Crippen molar-refractivity contribution in [2.24, 2.45) is 0 Å². The van der Waals surface area contributed by atoms with Crippen LogP contribution in [0.1, 0.15) is 116 Å². The van der Waals surface area contributed by atoms with Crippen LogP contribution in [0.3, 0.4) is 0 Å². The first-order valence-corrected chi connectivity index (χ1v) is 43.4. The van der Waals surface area contributed by atoms with Crippen LogP contribution in [0.2, 0.25) is 0 Å². The minimum Gasteiger partial charge on any atom is -0.497 e. The van der Waals surface area contributed by atoms with E-state index in [2.05, 4.69) is 174 Å². The molecule has 0 fully saturated rings. The molecule has 18 heteroatoms. The number of rotatable bonds is 35. The zero-order valence-electron chi connectivity index (χ0n) is 71.3. The van der Waals surface area contributed by atoms with Crippen LogP contribution in [0.25, 0.3) is 46.6 Å². The van der Waals surface area contributed by atoms with Gasteiger partial charge in [0.05, 0.1) is 67.6 Å². The average Bonchev–Trinajstić information content (AvgIpc) is 0.800. The van der Waals surface area contributed by atoms with Crippen LogP contribution in [-0.2, 0) is 53.4 Å². The highest BCUT2D eigenvalue weighted by atomic mass is 31.2. The molecule has 0 heterocycles. The molecule has 0 aliphatic carbocycles. The minimum atomic E-state index is -3.09. The fourth-order valence-electron chi connectivity index (χ4n) is 12.9. The van der Waals surface area contributed by atoms with Gasteiger partial charge in [0.25, 0.3) is 0 Å². The summed E-state index contributed by atoms with van der Waals surface area (Å²) in [5.74, 6) is 3.23. The van der Waals surface area contributed by atoms with Gasteiger partial charge in [0, 0.05) is 70.0 Å². The third-order valence-electron chi connectivity index (χ3n) is 19.4. The predicted octanol–water partition coefficient (Wildman–Crippen LogP) is 27.7. The highest BCUT2D eigenvalue weighted by Gasteiger charge is 2.24. The number of carbonyl (C=O) groups excluding carboxylic acids is 1. The number of anilines is 9. The molecule has 0 unspecified atom stereocenters. The van der Waals surface area contributed by atoms with Crippen molar-refractivity contribution in [3.05, 3.63) is 366 Å². The summed E-state index contributed by atoms with van der Waals surface area (Å²) in [5.41, 5.74) is 22.1. The lowest BCUT2D eigenvalue weighted by Crippen LogP contribution is -2.10. The van der Waals surface area contributed by atoms with Gasteiger partial charge < -0.3 is 57.6 Å². The fourth-order valence-corrected chi connectivity index (χ4v) is 14.8. The summed E-state index contributed by atoms with van der Waals surface area (Å²) < 4.78 is 64.5. The number of methoxy groups -OCH3 is 4. The first kappa shape index (κ1) is 93.6. The van der Waals surface area contributed by atoms with E-state index in [1.807, 2.05) is 208 Å². The topological polar surface area (TPSA) is 175 Å². The molecule has 13 aromatic carbocycles. The second-order valence-electron chi connectivity index (χ2n) is 27.7. The summed E-state index contributed by atoms with van der Waals surface area (Å²) in [5, 5.41) is 19.1. The van der Waals surface area contributed by atoms with E-state index in [0.717, 1.165) is 160 Å². The Kier molecular flexibility index (Phi) is 38.9. The van der Waals surface area contributed by atoms with Gasteiger partial charge in [-0.05, 0) is 264 Å². The number of hydrogen-bond acceptors (Lipinski definition) is 16. The van der Waals surface area contributed by atoms with Crippen molar-refractivity contribution in [2.45, 2.75) is 86.8 Å². The first-order valence-electron chi connectivity index (χ1n) is 40.9. The zero-order valence-corrected chi connectivity index (χ0v) is 73.1. The van der Waals surface area contributed by atoms with Crippen molar-refractivity contribution in [3.63, 3.8) is 0 Å². The normalized spacial score (nSPS) is 10.9. The third kappa shape index (κ3) is 28.7. The number of nitrogens with zero attached hydrogens (tertiary/aromatic N) is 3. The maximum absolute atomic E-state index is 12.6. The van der Waals surface area contributed by atoms with Gasteiger partial charge in [-0.3, -0.25) is 13.9 Å². The van der Waals surface area contributed by atoms with Gasteiger partial charge in [0.1, 0.15) is 29.3 Å². The quantitative estimate of drug-likeness (QED) is 0.0218. The van der Waals surface area contributed by atoms with Crippen molar-refractivity contribution in [1.82, 2.24) is 0 Å². The Morgan fingerprint density at radius 1 is 0.311 bits per heavy atom. The molecular formula is C104H111N3O13P2. The molecule has 0 saturated heterocycles. The minimum absolute atomic E-state index is 0.000746. The van der Waals surface area contributed by atoms with E-state index in [1.165, 1.54) is 19.3 Å². The smallest absolute Gasteiger partial charge is 0.335 e. The van der Waals surface area contributed by atoms with Gasteiger partial charge >= 0.3 is 16.3 Å². The van der Waals surface area contributed by atoms with E-state index in [-0.39, 0.29) is 28.1 Å². The molecule has 0 atom stereocenters. The molecule has 0 aliphatic heterocycles. The molecule has 0 spiro atoms. The van der Waals surface area contributed by atoms with Crippen LogP contribution in [0.15, 0.2) is 315 Å². The molecule has 16 nitrogen and oxygen atoms in total. The molecule has 0 radical (unpaired) electrons. The lowest BCUT2D eigenvalue weighted by atomic mass is 10.0. The molecule has 13 aromatic rings. The second kappa shape index (κ2) is 50.7. The summed E-state index contributed by atoms with van der Waals surface area (Å²) in [6.07, 6.45) is 13.7. The third-order valence-corrected chi connectivity index (χ3v) is 21.7. The molecule has 0 amide bonds. The van der Waals surface area contributed by atoms with Gasteiger partial charge in [-0.25, -0.2) is 4.57 Å². The number of benzene rings is 13. The van der Waals surface area contributed by atoms with Crippen molar-refractivity contribution < 1.29 is 61.4 Å². The monoisotopic (exact) mass is 1670 g/mol. The van der Waals surface area contributed by atoms with E-state index in [4.69, 9.17) is 37.3 Å². The van der Waals surface area contributed by atoms with Gasteiger partial charge in [0.15, 0.2) is 0 Å². The van der Waals surface area contributed by atoms with Crippen LogP contribution in [0, 0.1) is 0 Å². The Bertz CT molecular complexity index is 4940. The summed E-state index contributed by atoms with van der Waals surface area (Å²) >= 11 is 0. The number of carbonyl (C=O) groups is 1. The maximum atomic E-state index is 12.6. The molecule has 2 N–H and O–H groups in total. The van der Waals surface area contributed by atoms with E-state index >= 15 is 0 Å². The SMILES string of the molecule is CCCCC.CCOCC.CCOP(=O)(Cc1ccc(-c2ccc(COP=O)cc2)cc1)OCC.COc1ccc(N(c2ccc(/C=C/c3ccc(-c4ccc(/C=C/c5ccc(N(c6ccc(CO)cc6)c6ccc(CO)cc6)cc5)cc4)cc3)cc2)c2ccc(OC)cc2)cc1.COc1ccc(N(c2ccc(C=O)cc2)c2ccc(OC)cc2)cc1. The average molecular weight is 1670 g/mol. The maximum Gasteiger partial charge on any atom is 0.335 e. The summed E-state index contributed by atoms with van der Waals surface area (Å²) in [7, 11) is 3.25. The summed E-state index contributed by atoms with van der Waals surface area (Å²) in [6, 6.07) is 105. The van der Waals surface area contributed by atoms with E-state index < -0.39 is 7.60 Å². The second-order valence-corrected chi connectivity index (χ2v) is 30.2. The number of ether oxygens (including phenoxy) is 5. The van der Waals surface area contributed by atoms with Gasteiger partial charge in [-0.15, -0.1) is 0 Å². The summed E-state index contributed by atoms with van der Waals surface area (Å²) in [4.78, 5) is 17.4. The van der Waals surface area contributed by atoms with Gasteiger partial charge in [0.2, 0.25) is 0 Å². The Balaban J connectivity index is 0.000000229. The predicted molar refractivity (Wildman–Crippen MR) is 503 cm³/mol. The Hall–Kier alpha value is -12.3. The highest BCUT2D eigenvalue weighted by Crippen LogP contribution is 2.51. The Morgan fingerprint density at radius 3 is 0.770 bits per heavy atom. The molecule has 13 rings (SSSR count). The lowest BCUT2D eigenvalue weighted by molar-refractivity contribution is 0.112. The number of aliphatic hydroxyl groups excluding tert-OH is 2. The molecule has 630 valence electrons. The number of unbranched alkanes of at least 4 members (excludes halogenated alkanes) is 2. The van der Waals surface area contributed by atoms with Gasteiger partial charge in [-0.2, -0.15) is 0 Å². The van der Waals surface area contributed by atoms with Gasteiger partial charge in [-0.1, -0.05) is 203 Å². The standard InChI is InChI=1S/C56H48N2O4.C21H19NO3.C18H22O5P2.C5H12.C4H10O/c1-61-55-35-31-53(32-36-55)58(54-33-37-56(62-2)38-34-54)50-25-13-44(14-26-50)6-4-42-9-21-48(22-10-42)47-19-7-41(8-20-47)3-5-43-11-23-49(24-12-43)57(51-27-15-45(39-59)16-28-51)52-29-17-46(40-60)18-30-52;1-24-20-11-7-18(8-12-20)22(17-5-3-16(15-23)4-6-17)19-9-13-21(25-2)14-10-19;1-3-22-25(20,23-4-2)14-16-7-11-18(12-8-16)17-9-5-15(6-10-17)13-21-24-19;2*1-3-5-4-2/h3-38,59-60H,39-40H2,1-2H3;3-15H,1-2H3;5-12H,3-4,13-14H2,1-2H3;3-5H2,1-2H3;3-4H2,1-2H3/b5-3+,6-4+;;;;. The molecule has 122 heavy (non-hydrogen) atoms. The molecule has 0 aromatic heterocycles. The number of aliphatic hydroxyl groups is 2. The molecule has 0 aliphatic rings. The van der Waals surface area contributed by atoms with Crippen LogP contribution in [0.4, 0.5) is 51.2 Å². The highest BCUT2D eigenvalue weighted by molar-refractivity contribution is 7.53. The van der Waals surface area contributed by atoms with E-state index in [0.29, 0.717) is 25.4 Å². The zero-order chi connectivity index (χ0) is 86.7. The number of hydrogen-bond donors (Lipinski definition) is 2. The van der Waals surface area contributed by atoms with Crippen molar-refractivity contribution >= 4 is 98.1 Å². The Labute approximate surface area is 722 Å². The molecule has 0 bridgehead atoms. The van der Waals surface area contributed by atoms with Crippen LogP contribution in [0.5, 0.6) is 23.0 Å². The number of aldehydes is 1. The molecule has 0 saturated carbocycles. The first-order chi connectivity index (χ1) is 59.7. The van der Waals surface area contributed by atoms with Crippen LogP contribution in [-0.4, -0.2) is 71.4 Å². The van der Waals surface area contributed by atoms with Crippen molar-refractivity contribution in [2.75, 3.05) is 69.6 Å². The summed E-state index contributed by atoms with van der Waals surface area (Å²) in [6.45, 7) is 14.7. The lowest BCUT2D eigenvalue weighted by Gasteiger charge is -2.26. The van der Waals surface area contributed by atoms with E-state index in [1.54, 1.807) is 42.3 Å². The van der Waals surface area contributed by atoms with Crippen molar-refractivity contribution in [1.29, 1.82) is 0 Å². The fraction of sp³-hybridized carbons (Fsp3) is 0.202. The Morgan fingerprint density at radius 2 is 0.549 bits per heavy atom. The molecular weight excluding hydrogens is 1560 g/mol. The van der Waals surface area contributed by atoms with Crippen LogP contribution < -0.4 is 33.6 Å². The van der Waals surface area contributed by atoms with Crippen molar-refractivity contribution in [3.8, 4) is 45.3 Å². The van der Waals surface area contributed by atoms with E-state index in [9.17, 15) is 24.1 Å².